The van der Waals surface area contributed by atoms with Crippen LogP contribution in [0.15, 0.2) is 50.6 Å². The van der Waals surface area contributed by atoms with Crippen molar-refractivity contribution in [3.8, 4) is 0 Å². The molecule has 0 aliphatic carbocycles. The Labute approximate surface area is 195 Å². The topological polar surface area (TPSA) is 224 Å². The minimum atomic E-state index is -4.87. The molecule has 3 aromatic rings. The van der Waals surface area contributed by atoms with Gasteiger partial charge in [0, 0.05) is 17.6 Å². The highest BCUT2D eigenvalue weighted by Gasteiger charge is 2.45. The number of nitrogens with zero attached hydrogens (tertiary/aromatic N) is 3. The third-order valence-electron chi connectivity index (χ3n) is 5.27. The number of hydrogen-bond donors (Lipinski definition) is 5. The second-order valence-electron chi connectivity index (χ2n) is 7.84. The van der Waals surface area contributed by atoms with Gasteiger partial charge in [-0.1, -0.05) is 17.3 Å². The van der Waals surface area contributed by atoms with Gasteiger partial charge in [0.2, 0.25) is 0 Å². The average molecular weight is 533 g/mol. The highest BCUT2D eigenvalue weighted by molar-refractivity contribution is 7.70. The molecule has 1 saturated heterocycles. The summed E-state index contributed by atoms with van der Waals surface area (Å²) in [5, 5.41) is 25.2. The molecule has 2 aromatic heterocycles. The highest BCUT2D eigenvalue weighted by Crippen LogP contribution is 2.55. The molecule has 4 rings (SSSR count). The summed E-state index contributed by atoms with van der Waals surface area (Å²) >= 11 is 0. The van der Waals surface area contributed by atoms with Crippen LogP contribution in [0.5, 0.6) is 0 Å². The van der Waals surface area contributed by atoms with Gasteiger partial charge in [-0.15, -0.1) is 0 Å². The van der Waals surface area contributed by atoms with E-state index in [1.807, 2.05) is 0 Å². The van der Waals surface area contributed by atoms with Crippen LogP contribution in [0.25, 0.3) is 11.0 Å². The summed E-state index contributed by atoms with van der Waals surface area (Å²) in [6.07, 6.45) is -5.29. The number of rotatable bonds is 8. The molecule has 0 radical (unpaired) electrons. The van der Waals surface area contributed by atoms with Gasteiger partial charge in [-0.3, -0.25) is 23.1 Å². The largest absolute Gasteiger partial charge is 0.387 e. The summed E-state index contributed by atoms with van der Waals surface area (Å²) < 4.78 is 39.7. The first-order valence-electron chi connectivity index (χ1n) is 10.0. The first kappa shape index (κ1) is 25.6. The molecule has 0 bridgehead atoms. The van der Waals surface area contributed by atoms with E-state index < -0.39 is 63.5 Å². The quantitative estimate of drug-likeness (QED) is 0.223. The third-order valence-corrected chi connectivity index (χ3v) is 8.73. The van der Waals surface area contributed by atoms with Crippen LogP contribution in [-0.4, -0.2) is 70.0 Å². The van der Waals surface area contributed by atoms with Gasteiger partial charge in [0.25, 0.3) is 5.56 Å². The predicted octanol–water partition coefficient (Wildman–Crippen LogP) is -0.844. The summed E-state index contributed by atoms with van der Waals surface area (Å²) in [6.45, 7) is -1.08. The Kier molecular flexibility index (Phi) is 6.99. The summed E-state index contributed by atoms with van der Waals surface area (Å²) in [5.41, 5.74) is -0.825. The zero-order chi connectivity index (χ0) is 25.5. The molecule has 1 aromatic carbocycles. The van der Waals surface area contributed by atoms with Crippen LogP contribution in [-0.2, 0) is 24.9 Å². The zero-order valence-corrected chi connectivity index (χ0v) is 19.5. The van der Waals surface area contributed by atoms with Crippen molar-refractivity contribution in [3.05, 3.63) is 63.1 Å². The lowest BCUT2D eigenvalue weighted by Crippen LogP contribution is -2.43. The van der Waals surface area contributed by atoms with E-state index in [4.69, 9.17) is 19.0 Å². The Morgan fingerprint density at radius 1 is 1.06 bits per heavy atom. The van der Waals surface area contributed by atoms with E-state index in [0.717, 1.165) is 21.4 Å². The van der Waals surface area contributed by atoms with E-state index in [1.165, 1.54) is 0 Å². The van der Waals surface area contributed by atoms with Crippen molar-refractivity contribution in [3.63, 3.8) is 0 Å². The number of ether oxygens (including phenoxy) is 1. The highest BCUT2D eigenvalue weighted by atomic mass is 31.2. The molecular formula is C18H21N3O12P2. The molecular weight excluding hydrogens is 512 g/mol. The molecule has 190 valence electrons. The lowest BCUT2D eigenvalue weighted by atomic mass is 10.1. The van der Waals surface area contributed by atoms with Crippen molar-refractivity contribution >= 4 is 26.2 Å². The molecule has 5 atom stereocenters. The molecule has 0 saturated carbocycles. The van der Waals surface area contributed by atoms with Gasteiger partial charge in [-0.2, -0.15) is 0 Å². The van der Waals surface area contributed by atoms with Gasteiger partial charge < -0.3 is 38.7 Å². The van der Waals surface area contributed by atoms with Crippen molar-refractivity contribution in [1.82, 2.24) is 14.3 Å². The van der Waals surface area contributed by atoms with Gasteiger partial charge in [0.1, 0.15) is 24.0 Å². The van der Waals surface area contributed by atoms with Crippen LogP contribution >= 0.6 is 15.2 Å². The second-order valence-corrected chi connectivity index (χ2v) is 11.8. The molecule has 0 amide bonds. The van der Waals surface area contributed by atoms with E-state index in [1.54, 1.807) is 24.3 Å². The summed E-state index contributed by atoms with van der Waals surface area (Å²) in [6, 6.07) is 7.86. The fourth-order valence-corrected chi connectivity index (χ4v) is 6.20. The number of aliphatic hydroxyl groups excluding tert-OH is 2. The van der Waals surface area contributed by atoms with Crippen molar-refractivity contribution in [2.45, 2.75) is 31.1 Å². The van der Waals surface area contributed by atoms with E-state index in [-0.39, 0.29) is 6.54 Å². The zero-order valence-electron chi connectivity index (χ0n) is 17.7. The third kappa shape index (κ3) is 5.54. The summed E-state index contributed by atoms with van der Waals surface area (Å²) in [7, 11) is -9.62. The Morgan fingerprint density at radius 3 is 2.49 bits per heavy atom. The second kappa shape index (κ2) is 9.54. The van der Waals surface area contributed by atoms with Gasteiger partial charge in [-0.05, 0) is 12.1 Å². The molecule has 1 fully saturated rings. The van der Waals surface area contributed by atoms with E-state index in [0.29, 0.717) is 16.7 Å². The number of para-hydroxylation sites is 1. The van der Waals surface area contributed by atoms with Crippen LogP contribution in [0.2, 0.25) is 0 Å². The van der Waals surface area contributed by atoms with Crippen molar-refractivity contribution in [1.29, 1.82) is 0 Å². The molecule has 17 heteroatoms. The Balaban J connectivity index is 1.56. The van der Waals surface area contributed by atoms with Crippen LogP contribution in [0.1, 0.15) is 11.9 Å². The maximum Gasteiger partial charge on any atom is 0.340 e. The smallest absolute Gasteiger partial charge is 0.340 e. The molecule has 1 unspecified atom stereocenters. The minimum absolute atomic E-state index is 0.260. The lowest BCUT2D eigenvalue weighted by molar-refractivity contribution is -0.0530. The van der Waals surface area contributed by atoms with E-state index in [9.17, 15) is 33.8 Å². The van der Waals surface area contributed by atoms with Crippen LogP contribution < -0.4 is 11.2 Å². The van der Waals surface area contributed by atoms with Crippen molar-refractivity contribution in [2.24, 2.45) is 0 Å². The van der Waals surface area contributed by atoms with E-state index in [2.05, 4.69) is 9.68 Å². The Hall–Kier alpha value is -2.45. The molecule has 1 aliphatic heterocycles. The number of fused-ring (bicyclic) bond motifs is 1. The maximum absolute atomic E-state index is 13.1. The fraction of sp³-hybridized carbons (Fsp3) is 0.389. The number of hydrogen-bond acceptors (Lipinski definition) is 10. The Morgan fingerprint density at radius 2 is 1.77 bits per heavy atom. The molecule has 3 heterocycles. The molecule has 0 spiro atoms. The number of aromatic nitrogens is 3. The van der Waals surface area contributed by atoms with Crippen molar-refractivity contribution in [2.75, 3.05) is 12.5 Å². The van der Waals surface area contributed by atoms with Gasteiger partial charge in [0.15, 0.2) is 17.7 Å². The van der Waals surface area contributed by atoms with Gasteiger partial charge in [-0.25, -0.2) is 4.79 Å². The van der Waals surface area contributed by atoms with Crippen LogP contribution in [0.3, 0.4) is 0 Å². The maximum atomic E-state index is 13.1. The molecule has 5 N–H and O–H groups in total. The van der Waals surface area contributed by atoms with Gasteiger partial charge in [0.05, 0.1) is 13.2 Å². The SMILES string of the molecule is O=c1ccn([C@@H]2O[C@H](COP(=O)(O)CP(=O)(O)O)[C@@H](O)[C@H]2O)c(=O)n1Cc1noc2ccccc12. The Bertz CT molecular complexity index is 1440. The predicted molar refractivity (Wildman–Crippen MR) is 117 cm³/mol. The van der Waals surface area contributed by atoms with E-state index >= 15 is 0 Å². The number of benzene rings is 1. The first-order valence-corrected chi connectivity index (χ1v) is 13.6. The fourth-order valence-electron chi connectivity index (χ4n) is 3.63. The lowest BCUT2D eigenvalue weighted by Gasteiger charge is -2.19. The first-order chi connectivity index (χ1) is 16.4. The molecule has 1 aliphatic rings. The van der Waals surface area contributed by atoms with Crippen LogP contribution in [0.4, 0.5) is 0 Å². The average Bonchev–Trinajstić information content (AvgIpc) is 3.30. The summed E-state index contributed by atoms with van der Waals surface area (Å²) in [4.78, 5) is 52.8. The standard InChI is InChI=1S/C18H21N3O12P2/c22-14-5-6-20(18(25)21(14)7-11-10-3-1-2-4-12(10)33-19-11)17-16(24)15(23)13(32-17)8-31-35(29,30)9-34(26,27)28/h1-6,13,15-17,23-24H,7-9H2,(H,29,30)(H2,26,27,28)/t13-,15-,16-,17-/m1/s1. The molecule has 15 nitrogen and oxygen atoms in total. The minimum Gasteiger partial charge on any atom is -0.387 e. The summed E-state index contributed by atoms with van der Waals surface area (Å²) in [5.74, 6) is -1.45. The molecule has 35 heavy (non-hydrogen) atoms. The number of aliphatic hydroxyl groups is 2. The monoisotopic (exact) mass is 533 g/mol. The van der Waals surface area contributed by atoms with Gasteiger partial charge >= 0.3 is 20.9 Å². The van der Waals surface area contributed by atoms with Crippen molar-refractivity contribution < 1.29 is 47.8 Å². The van der Waals surface area contributed by atoms with Crippen LogP contribution in [0, 0.1) is 0 Å². The normalized spacial score (nSPS) is 24.6.